The number of rotatable bonds is 7. The number of pyridine rings is 1. The number of nitrogens with zero attached hydrogens (tertiary/aromatic N) is 3. The molecule has 0 bridgehead atoms. The molecule has 0 amide bonds. The molecule has 2 aromatic heterocycles. The van der Waals surface area contributed by atoms with Crippen LogP contribution in [0.5, 0.6) is 0 Å². The molecule has 0 aliphatic carbocycles. The third-order valence-corrected chi connectivity index (χ3v) is 5.76. The van der Waals surface area contributed by atoms with Crippen LogP contribution < -0.4 is 5.32 Å². The Morgan fingerprint density at radius 3 is 2.80 bits per heavy atom. The highest BCUT2D eigenvalue weighted by Crippen LogP contribution is 2.39. The van der Waals surface area contributed by atoms with Crippen LogP contribution in [0.25, 0.3) is 5.69 Å². The number of thiocarbonyl (C=S) groups is 1. The number of carboxylic acid groups (broad SMARTS) is 1. The van der Waals surface area contributed by atoms with Gasteiger partial charge in [0.15, 0.2) is 5.11 Å². The minimum atomic E-state index is -0.940. The summed E-state index contributed by atoms with van der Waals surface area (Å²) in [6.07, 6.45) is 5.86. The fourth-order valence-corrected chi connectivity index (χ4v) is 4.29. The monoisotopic (exact) mass is 420 g/mol. The minimum absolute atomic E-state index is 0.0533. The molecule has 3 aromatic rings. The van der Waals surface area contributed by atoms with Crippen molar-refractivity contribution in [3.8, 4) is 5.69 Å². The molecule has 1 fully saturated rings. The summed E-state index contributed by atoms with van der Waals surface area (Å²) < 4.78 is 2.04. The molecule has 7 heteroatoms. The van der Waals surface area contributed by atoms with Gasteiger partial charge in [-0.25, -0.2) is 4.79 Å². The summed E-state index contributed by atoms with van der Waals surface area (Å²) in [4.78, 5) is 18.3. The third-order valence-electron chi connectivity index (χ3n) is 5.40. The van der Waals surface area contributed by atoms with Crippen LogP contribution in [0.3, 0.4) is 0 Å². The first-order valence-electron chi connectivity index (χ1n) is 10.1. The van der Waals surface area contributed by atoms with Crippen molar-refractivity contribution in [1.82, 2.24) is 19.8 Å². The van der Waals surface area contributed by atoms with Crippen LogP contribution in [0.4, 0.5) is 0 Å². The lowest BCUT2D eigenvalue weighted by atomic mass is 10.0. The van der Waals surface area contributed by atoms with Crippen LogP contribution in [0.1, 0.15) is 53.6 Å². The van der Waals surface area contributed by atoms with Gasteiger partial charge in [-0.1, -0.05) is 25.5 Å². The van der Waals surface area contributed by atoms with E-state index in [1.807, 2.05) is 41.1 Å². The van der Waals surface area contributed by atoms with Crippen molar-refractivity contribution < 1.29 is 9.90 Å². The number of benzene rings is 1. The predicted octanol–water partition coefficient (Wildman–Crippen LogP) is 4.34. The second-order valence-electron chi connectivity index (χ2n) is 7.33. The number of unbranched alkanes of at least 4 members (excludes halogenated alkanes) is 1. The Hall–Kier alpha value is -3.19. The largest absolute Gasteiger partial charge is 0.478 e. The molecule has 1 aromatic carbocycles. The van der Waals surface area contributed by atoms with E-state index in [0.717, 1.165) is 41.6 Å². The molecule has 6 nitrogen and oxygen atoms in total. The smallest absolute Gasteiger partial charge is 0.335 e. The van der Waals surface area contributed by atoms with Gasteiger partial charge < -0.3 is 19.9 Å². The van der Waals surface area contributed by atoms with E-state index in [4.69, 9.17) is 12.2 Å². The van der Waals surface area contributed by atoms with Crippen molar-refractivity contribution in [2.75, 3.05) is 6.54 Å². The number of aromatic nitrogens is 2. The van der Waals surface area contributed by atoms with Crippen LogP contribution in [0, 0.1) is 0 Å². The van der Waals surface area contributed by atoms with E-state index in [1.165, 1.54) is 0 Å². The number of hydrogen-bond acceptors (Lipinski definition) is 3. The van der Waals surface area contributed by atoms with Gasteiger partial charge in [0.25, 0.3) is 0 Å². The van der Waals surface area contributed by atoms with Gasteiger partial charge in [-0.05, 0) is 61.1 Å². The molecule has 3 heterocycles. The number of nitrogens with one attached hydrogen (secondary N) is 1. The Morgan fingerprint density at radius 1 is 1.20 bits per heavy atom. The van der Waals surface area contributed by atoms with Gasteiger partial charge in [-0.15, -0.1) is 0 Å². The number of hydrogen-bond donors (Lipinski definition) is 2. The second kappa shape index (κ2) is 8.67. The van der Waals surface area contributed by atoms with E-state index >= 15 is 0 Å². The fraction of sp³-hybridized carbons (Fsp3) is 0.261. The van der Waals surface area contributed by atoms with E-state index in [-0.39, 0.29) is 17.6 Å². The lowest BCUT2D eigenvalue weighted by Crippen LogP contribution is -2.31. The van der Waals surface area contributed by atoms with Crippen molar-refractivity contribution in [2.45, 2.75) is 31.8 Å². The average molecular weight is 421 g/mol. The van der Waals surface area contributed by atoms with E-state index in [2.05, 4.69) is 28.2 Å². The maximum absolute atomic E-state index is 11.5. The van der Waals surface area contributed by atoms with Gasteiger partial charge in [0.2, 0.25) is 0 Å². The molecule has 0 saturated carbocycles. The molecular weight excluding hydrogens is 396 g/mol. The van der Waals surface area contributed by atoms with Crippen molar-refractivity contribution in [1.29, 1.82) is 0 Å². The maximum atomic E-state index is 11.5. The highest BCUT2D eigenvalue weighted by atomic mass is 32.1. The molecule has 1 aliphatic heterocycles. The third kappa shape index (κ3) is 3.80. The van der Waals surface area contributed by atoms with Gasteiger partial charge in [0.05, 0.1) is 23.3 Å². The fourth-order valence-electron chi connectivity index (χ4n) is 3.96. The van der Waals surface area contributed by atoms with E-state index in [0.29, 0.717) is 0 Å². The number of carboxylic acids is 1. The van der Waals surface area contributed by atoms with Gasteiger partial charge in [0, 0.05) is 30.3 Å². The van der Waals surface area contributed by atoms with Gasteiger partial charge in [-0.3, -0.25) is 4.98 Å². The number of carbonyl (C=O) groups is 1. The Morgan fingerprint density at radius 2 is 2.07 bits per heavy atom. The molecule has 4 rings (SSSR count). The molecule has 1 aliphatic rings. The Balaban J connectivity index is 1.79. The lowest BCUT2D eigenvalue weighted by molar-refractivity contribution is 0.0697. The zero-order valence-corrected chi connectivity index (χ0v) is 17.5. The predicted molar refractivity (Wildman–Crippen MR) is 120 cm³/mol. The zero-order chi connectivity index (χ0) is 21.1. The van der Waals surface area contributed by atoms with Crippen LogP contribution in [0.15, 0.2) is 67.0 Å². The second-order valence-corrected chi connectivity index (χ2v) is 7.72. The molecule has 0 spiro atoms. The van der Waals surface area contributed by atoms with E-state index in [1.54, 1.807) is 24.4 Å². The van der Waals surface area contributed by atoms with Crippen LogP contribution in [-0.2, 0) is 0 Å². The molecule has 30 heavy (non-hydrogen) atoms. The summed E-state index contributed by atoms with van der Waals surface area (Å²) in [5.74, 6) is -0.940. The normalized spacial score (nSPS) is 18.4. The molecule has 2 N–H and O–H groups in total. The van der Waals surface area contributed by atoms with Gasteiger partial charge in [0.1, 0.15) is 0 Å². The summed E-state index contributed by atoms with van der Waals surface area (Å²) in [6.45, 7) is 3.01. The van der Waals surface area contributed by atoms with Crippen molar-refractivity contribution in [3.05, 3.63) is 83.9 Å². The van der Waals surface area contributed by atoms with Crippen molar-refractivity contribution in [2.24, 2.45) is 0 Å². The number of aromatic carboxylic acids is 1. The Bertz CT molecular complexity index is 1050. The molecule has 1 saturated heterocycles. The first kappa shape index (κ1) is 20.1. The van der Waals surface area contributed by atoms with E-state index < -0.39 is 5.97 Å². The highest BCUT2D eigenvalue weighted by Gasteiger charge is 2.40. The summed E-state index contributed by atoms with van der Waals surface area (Å²) in [6, 6.07) is 16.8. The summed E-state index contributed by atoms with van der Waals surface area (Å²) in [5, 5.41) is 13.6. The van der Waals surface area contributed by atoms with Crippen LogP contribution >= 0.6 is 12.2 Å². The van der Waals surface area contributed by atoms with Gasteiger partial charge >= 0.3 is 5.97 Å². The molecular formula is C23H24N4O2S. The zero-order valence-electron chi connectivity index (χ0n) is 16.7. The minimum Gasteiger partial charge on any atom is -0.478 e. The first-order chi connectivity index (χ1) is 14.6. The van der Waals surface area contributed by atoms with Crippen LogP contribution in [-0.4, -0.2) is 37.2 Å². The standard InChI is InChI=1S/C23H24N4O2S/c1-2-3-13-27-21(20(25-23(27)30)18-10-4-5-12-24-18)19-11-7-14-26(19)17-9-6-8-16(15-17)22(28)29/h4-12,14-15,20-21H,2-3,13H2,1H3,(H,25,30)(H,28,29). The Kier molecular flexibility index (Phi) is 5.81. The summed E-state index contributed by atoms with van der Waals surface area (Å²) >= 11 is 5.70. The van der Waals surface area contributed by atoms with E-state index in [9.17, 15) is 9.90 Å². The molecule has 0 radical (unpaired) electrons. The Labute approximate surface area is 181 Å². The molecule has 154 valence electrons. The lowest BCUT2D eigenvalue weighted by Gasteiger charge is -2.29. The summed E-state index contributed by atoms with van der Waals surface area (Å²) in [5.41, 5.74) is 3.03. The first-order valence-corrected chi connectivity index (χ1v) is 10.5. The van der Waals surface area contributed by atoms with Crippen molar-refractivity contribution in [3.63, 3.8) is 0 Å². The van der Waals surface area contributed by atoms with Gasteiger partial charge in [-0.2, -0.15) is 0 Å². The summed E-state index contributed by atoms with van der Waals surface area (Å²) in [7, 11) is 0. The molecule has 2 unspecified atom stereocenters. The molecule has 2 atom stereocenters. The topological polar surface area (TPSA) is 70.4 Å². The quantitative estimate of drug-likeness (QED) is 0.554. The van der Waals surface area contributed by atoms with Crippen LogP contribution in [0.2, 0.25) is 0 Å². The average Bonchev–Trinajstić information content (AvgIpc) is 3.37. The highest BCUT2D eigenvalue weighted by molar-refractivity contribution is 7.80. The van der Waals surface area contributed by atoms with Crippen molar-refractivity contribution >= 4 is 23.3 Å². The SMILES string of the molecule is CCCCN1C(=S)NC(c2ccccn2)C1c1cccn1-c1cccc(C(=O)O)c1. The maximum Gasteiger partial charge on any atom is 0.335 e.